The van der Waals surface area contributed by atoms with Crippen LogP contribution in [0.3, 0.4) is 0 Å². The molecule has 8 aromatic rings. The van der Waals surface area contributed by atoms with Crippen molar-refractivity contribution in [3.8, 4) is 39.8 Å². The molecular formula is C71H74BrN5O17. The van der Waals surface area contributed by atoms with Gasteiger partial charge in [0.05, 0.1) is 72.4 Å². The number of methoxy groups -OCH3 is 3. The van der Waals surface area contributed by atoms with Crippen LogP contribution in [0.5, 0.6) is 17.2 Å². The predicted molar refractivity (Wildman–Crippen MR) is 354 cm³/mol. The number of carbonyl (C=O) groups excluding carboxylic acids is 7. The average Bonchev–Trinajstić information content (AvgIpc) is 0.942. The van der Waals surface area contributed by atoms with Gasteiger partial charge in [0.2, 0.25) is 0 Å². The van der Waals surface area contributed by atoms with E-state index in [0.717, 1.165) is 5.56 Å². The Bertz CT molecular complexity index is 4000. The number of nitrogens with one attached hydrogen (secondary N) is 1. The molecule has 0 fully saturated rings. The highest BCUT2D eigenvalue weighted by molar-refractivity contribution is 9.10. The quantitative estimate of drug-likeness (QED) is 0.0135. The van der Waals surface area contributed by atoms with Gasteiger partial charge in [0.25, 0.3) is 0 Å². The molecule has 0 aliphatic heterocycles. The molecule has 0 aliphatic carbocycles. The summed E-state index contributed by atoms with van der Waals surface area (Å²) in [5.74, 6) is -0.130. The number of aliphatic hydroxyl groups is 6. The molecule has 0 aliphatic rings. The maximum atomic E-state index is 12.9. The number of rotatable bonds is 27. The van der Waals surface area contributed by atoms with Gasteiger partial charge in [-0.05, 0) is 113 Å². The van der Waals surface area contributed by atoms with Crippen LogP contribution < -0.4 is 25.3 Å². The third-order valence-electron chi connectivity index (χ3n) is 14.3. The Morgan fingerprint density at radius 1 is 0.415 bits per heavy atom. The largest absolute Gasteiger partial charge is 0.497 e. The first kappa shape index (κ1) is 73.3. The fourth-order valence-corrected chi connectivity index (χ4v) is 9.58. The lowest BCUT2D eigenvalue weighted by atomic mass is 9.99. The lowest BCUT2D eigenvalue weighted by molar-refractivity contribution is 0.0634. The van der Waals surface area contributed by atoms with Gasteiger partial charge in [-0.15, -0.1) is 0 Å². The zero-order valence-corrected chi connectivity index (χ0v) is 54.3. The second kappa shape index (κ2) is 35.4. The molecule has 0 saturated heterocycles. The number of benzene rings is 5. The van der Waals surface area contributed by atoms with Gasteiger partial charge < -0.3 is 55.3 Å². The number of anilines is 2. The molecule has 0 spiro atoms. The summed E-state index contributed by atoms with van der Waals surface area (Å²) in [6.45, 7) is 3.82. The summed E-state index contributed by atoms with van der Waals surface area (Å²) < 4.78 is 21.5. The number of nitrogens with zero attached hydrogens (tertiary/aromatic N) is 3. The number of hydrogen-bond acceptors (Lipinski definition) is 21. The van der Waals surface area contributed by atoms with Gasteiger partial charge in [-0.3, -0.25) is 34.1 Å². The molecule has 23 heteroatoms. The molecule has 0 atom stereocenters. The van der Waals surface area contributed by atoms with E-state index in [9.17, 15) is 64.2 Å². The molecule has 22 nitrogen and oxygen atoms in total. The molecule has 9 N–H and O–H groups in total. The van der Waals surface area contributed by atoms with Crippen LogP contribution in [0.1, 0.15) is 155 Å². The Morgan fingerprint density at radius 3 is 1.06 bits per heavy atom. The summed E-state index contributed by atoms with van der Waals surface area (Å²) in [7, 11) is 4.49. The van der Waals surface area contributed by atoms with E-state index in [2.05, 4.69) is 36.2 Å². The molecule has 1 amide bonds. The maximum Gasteiger partial charge on any atom is 0.412 e. The average molecular weight is 1350 g/mol. The summed E-state index contributed by atoms with van der Waals surface area (Å²) in [6, 6.07) is 37.8. The Kier molecular flexibility index (Phi) is 27.6. The number of pyridine rings is 3. The highest BCUT2D eigenvalue weighted by Crippen LogP contribution is 2.29. The Hall–Kier alpha value is -9.72. The van der Waals surface area contributed by atoms with E-state index in [1.807, 2.05) is 12.1 Å². The van der Waals surface area contributed by atoms with Gasteiger partial charge in [0.15, 0.2) is 34.7 Å². The number of aliphatic hydroxyl groups excluding tert-OH is 6. The van der Waals surface area contributed by atoms with Crippen LogP contribution in [0.15, 0.2) is 144 Å². The van der Waals surface area contributed by atoms with Crippen molar-refractivity contribution in [2.45, 2.75) is 105 Å². The number of Topliss-reactive ketones (excluding diaryl/α,β-unsaturated/α-hetero) is 6. The molecule has 3 aromatic heterocycles. The number of carbonyl (C=O) groups is 7. The summed E-state index contributed by atoms with van der Waals surface area (Å²) in [6.07, 6.45) is -0.645. The number of nitrogen functional groups attached to an aromatic ring is 1. The summed E-state index contributed by atoms with van der Waals surface area (Å²) in [4.78, 5) is 100. The molecule has 0 radical (unpaired) electrons. The summed E-state index contributed by atoms with van der Waals surface area (Å²) in [5, 5.41) is 58.6. The zero-order valence-electron chi connectivity index (χ0n) is 52.7. The highest BCUT2D eigenvalue weighted by atomic mass is 79.9. The fraction of sp³-hybridized carbons (Fsp3) is 0.268. The van der Waals surface area contributed by atoms with Crippen LogP contribution in [0, 0.1) is 0 Å². The van der Waals surface area contributed by atoms with E-state index in [1.54, 1.807) is 130 Å². The maximum absolute atomic E-state index is 12.9. The second-order valence-corrected chi connectivity index (χ2v) is 22.8. The topological polar surface area (TPSA) is 355 Å². The molecular weight excluding hydrogens is 1270 g/mol. The fourth-order valence-electron chi connectivity index (χ4n) is 9.16. The van der Waals surface area contributed by atoms with Crippen molar-refractivity contribution in [1.29, 1.82) is 0 Å². The number of hydrogen-bond donors (Lipinski definition) is 8. The lowest BCUT2D eigenvalue weighted by Crippen LogP contribution is -2.27. The van der Waals surface area contributed by atoms with Crippen molar-refractivity contribution in [3.63, 3.8) is 0 Å². The van der Waals surface area contributed by atoms with E-state index in [0.29, 0.717) is 100 Å². The van der Waals surface area contributed by atoms with E-state index >= 15 is 0 Å². The van der Waals surface area contributed by atoms with Crippen LogP contribution in [0.4, 0.5) is 16.2 Å². The Balaban J connectivity index is 0.000000228. The van der Waals surface area contributed by atoms with E-state index in [1.165, 1.54) is 39.5 Å². The van der Waals surface area contributed by atoms with Crippen molar-refractivity contribution < 1.29 is 83.1 Å². The molecule has 5 aromatic carbocycles. The molecule has 0 bridgehead atoms. The number of ether oxygens (including phenoxy) is 4. The lowest BCUT2D eigenvalue weighted by Gasteiger charge is -2.19. The van der Waals surface area contributed by atoms with Crippen molar-refractivity contribution in [2.75, 3.05) is 32.4 Å². The van der Waals surface area contributed by atoms with Gasteiger partial charge in [0, 0.05) is 114 Å². The minimum absolute atomic E-state index is 0.00172. The first-order valence-electron chi connectivity index (χ1n) is 29.5. The zero-order chi connectivity index (χ0) is 68.6. The standard InChI is InChI=1S/C29H32N2O7.C24H24N2O5.C18H18BrNO5/c1-29(2,3)38-28(36)30-22-9-7-18(8-10-22)24-14-23(37-4)15-25(31-24)27(35)12-11-26(34)19-5-6-20(16-32)21(13-19)17-33;1-31-20-11-21(15-4-6-19(25)7-5-15)26-22(12-20)24(30)9-8-23(29)16-2-3-17(13-27)18(10-16)14-28;1-25-14-7-15(20-18(19)8-14)17(24)5-4-16(23)11-2-3-12(9-21)13(6-11)10-22/h5-10,13-15,32-33H,11-12,16-17H2,1-4H3,(H,30,36);2-7,10-12,27-28H,8-9,13-14,25H2,1H3;2-3,6-8,21-22H,4-5,9-10H2,1H3. The van der Waals surface area contributed by atoms with Gasteiger partial charge in [-0.1, -0.05) is 60.7 Å². The van der Waals surface area contributed by atoms with Crippen LogP contribution >= 0.6 is 15.9 Å². The Morgan fingerprint density at radius 2 is 0.734 bits per heavy atom. The molecule has 0 unspecified atom stereocenters. The van der Waals surface area contributed by atoms with Crippen LogP contribution in [-0.2, 0) is 44.4 Å². The number of nitrogens with two attached hydrogens (primary N) is 1. The van der Waals surface area contributed by atoms with Crippen molar-refractivity contribution in [2.24, 2.45) is 0 Å². The third kappa shape index (κ3) is 21.4. The van der Waals surface area contributed by atoms with Crippen LogP contribution in [0.25, 0.3) is 22.5 Å². The van der Waals surface area contributed by atoms with Gasteiger partial charge in [0.1, 0.15) is 44.5 Å². The SMILES string of the molecule is COc1cc(Br)nc(C(=O)CCC(=O)c2ccc(CO)c(CO)c2)c1.COc1cc(C(=O)CCC(=O)c2ccc(CO)c(CO)c2)nc(-c2ccc(N)cc2)c1.COc1cc(C(=O)CCC(=O)c2ccc(CO)c(CO)c2)nc(-c2ccc(NC(=O)OC(C)(C)C)cc2)c1. The van der Waals surface area contributed by atoms with Gasteiger partial charge in [-0.2, -0.15) is 0 Å². The van der Waals surface area contributed by atoms with E-state index < -0.39 is 11.7 Å². The van der Waals surface area contributed by atoms with E-state index in [-0.39, 0.29) is 130 Å². The van der Waals surface area contributed by atoms with Crippen LogP contribution in [0.2, 0.25) is 0 Å². The smallest absolute Gasteiger partial charge is 0.412 e. The number of ketones is 6. The molecule has 492 valence electrons. The molecule has 0 saturated carbocycles. The van der Waals surface area contributed by atoms with Crippen molar-refractivity contribution in [1.82, 2.24) is 15.0 Å². The van der Waals surface area contributed by atoms with Crippen molar-refractivity contribution in [3.05, 3.63) is 211 Å². The van der Waals surface area contributed by atoms with Crippen molar-refractivity contribution >= 4 is 68.1 Å². The van der Waals surface area contributed by atoms with Gasteiger partial charge >= 0.3 is 6.09 Å². The summed E-state index contributed by atoms with van der Waals surface area (Å²) >= 11 is 3.21. The molecule has 3 heterocycles. The number of aromatic nitrogens is 3. The third-order valence-corrected chi connectivity index (χ3v) is 14.7. The number of amides is 1. The predicted octanol–water partition coefficient (Wildman–Crippen LogP) is 10.8. The second-order valence-electron chi connectivity index (χ2n) is 22.0. The normalized spacial score (nSPS) is 10.8. The Labute approximate surface area is 551 Å². The highest BCUT2D eigenvalue weighted by Gasteiger charge is 2.21. The van der Waals surface area contributed by atoms with Crippen LogP contribution in [-0.4, -0.2) is 113 Å². The first-order valence-corrected chi connectivity index (χ1v) is 30.2. The minimum atomic E-state index is -0.616. The minimum Gasteiger partial charge on any atom is -0.497 e. The monoisotopic (exact) mass is 1350 g/mol. The summed E-state index contributed by atoms with van der Waals surface area (Å²) in [5.41, 5.74) is 13.7. The number of halogens is 1. The van der Waals surface area contributed by atoms with E-state index in [4.69, 9.17) is 24.7 Å². The molecule has 94 heavy (non-hydrogen) atoms. The molecule has 8 rings (SSSR count). The van der Waals surface area contributed by atoms with Gasteiger partial charge in [-0.25, -0.2) is 19.7 Å². The first-order chi connectivity index (χ1) is 44.9.